The van der Waals surface area contributed by atoms with E-state index in [1.54, 1.807) is 11.8 Å². The highest BCUT2D eigenvalue weighted by atomic mass is 127. The third-order valence-electron chi connectivity index (χ3n) is 3.52. The number of thioether (sulfide) groups is 1. The molecule has 0 atom stereocenters. The van der Waals surface area contributed by atoms with Gasteiger partial charge in [0.2, 0.25) is 0 Å². The monoisotopic (exact) mass is 386 g/mol. The maximum absolute atomic E-state index is 12.4. The number of hydrogen-bond donors (Lipinski definition) is 0. The predicted molar refractivity (Wildman–Crippen MR) is 86.2 cm³/mol. The first-order valence-corrected chi connectivity index (χ1v) is 8.42. The summed E-state index contributed by atoms with van der Waals surface area (Å²) in [5.74, 6) is 0.0751. The van der Waals surface area contributed by atoms with E-state index in [9.17, 15) is 10.1 Å². The van der Waals surface area contributed by atoms with Gasteiger partial charge in [0.25, 0.3) is 5.91 Å². The number of piperidine rings is 1. The van der Waals surface area contributed by atoms with Crippen LogP contribution in [0, 0.1) is 14.9 Å². The van der Waals surface area contributed by atoms with Crippen molar-refractivity contribution in [2.45, 2.75) is 17.6 Å². The molecule has 2 rings (SSSR count). The number of likely N-dealkylation sites (tertiary alicyclic amines) is 1. The highest BCUT2D eigenvalue weighted by molar-refractivity contribution is 14.1. The van der Waals surface area contributed by atoms with E-state index in [2.05, 4.69) is 28.7 Å². The molecule has 1 aliphatic rings. The summed E-state index contributed by atoms with van der Waals surface area (Å²) in [6.07, 6.45) is 3.47. The third-order valence-corrected chi connectivity index (χ3v) is 5.48. The molecule has 1 aromatic rings. The molecular weight excluding hydrogens is 371 g/mol. The van der Waals surface area contributed by atoms with E-state index in [0.717, 1.165) is 22.0 Å². The average molecular weight is 386 g/mol. The van der Waals surface area contributed by atoms with Gasteiger partial charge in [-0.05, 0) is 59.9 Å². The van der Waals surface area contributed by atoms with Crippen molar-refractivity contribution in [2.75, 3.05) is 19.3 Å². The summed E-state index contributed by atoms with van der Waals surface area (Å²) in [7, 11) is 0. The van der Waals surface area contributed by atoms with E-state index in [1.807, 2.05) is 35.4 Å². The van der Waals surface area contributed by atoms with Crippen LogP contribution in [0.4, 0.5) is 0 Å². The van der Waals surface area contributed by atoms with Crippen LogP contribution < -0.4 is 0 Å². The fourth-order valence-corrected chi connectivity index (χ4v) is 3.46. The van der Waals surface area contributed by atoms with Gasteiger partial charge in [0.05, 0.1) is 6.07 Å². The second-order valence-corrected chi connectivity index (χ2v) is 7.05. The van der Waals surface area contributed by atoms with Crippen LogP contribution in [0.15, 0.2) is 24.3 Å². The number of halogens is 1. The minimum atomic E-state index is -0.304. The van der Waals surface area contributed by atoms with E-state index in [-0.39, 0.29) is 10.7 Å². The summed E-state index contributed by atoms with van der Waals surface area (Å²) >= 11 is 3.81. The smallest absolute Gasteiger partial charge is 0.253 e. The van der Waals surface area contributed by atoms with E-state index < -0.39 is 0 Å². The molecule has 0 radical (unpaired) electrons. The molecule has 1 aliphatic heterocycles. The molecule has 0 unspecified atom stereocenters. The summed E-state index contributed by atoms with van der Waals surface area (Å²) in [4.78, 5) is 14.2. The maximum atomic E-state index is 12.4. The molecular formula is C14H15IN2OS. The van der Waals surface area contributed by atoms with Gasteiger partial charge in [-0.1, -0.05) is 6.07 Å². The standard InChI is InChI=1S/C14H15IN2OS/c1-19-14(10-16)5-7-17(8-6-14)13(18)11-3-2-4-12(15)9-11/h2-4,9H,5-8H2,1H3. The van der Waals surface area contributed by atoms with E-state index >= 15 is 0 Å². The molecule has 0 spiro atoms. The van der Waals surface area contributed by atoms with Crippen molar-refractivity contribution >= 4 is 40.3 Å². The molecule has 1 saturated heterocycles. The minimum absolute atomic E-state index is 0.0751. The fourth-order valence-electron chi connectivity index (χ4n) is 2.24. The van der Waals surface area contributed by atoms with Crippen molar-refractivity contribution < 1.29 is 4.79 Å². The third kappa shape index (κ3) is 3.23. The van der Waals surface area contributed by atoms with Gasteiger partial charge in [-0.2, -0.15) is 5.26 Å². The SMILES string of the molecule is CSC1(C#N)CCN(C(=O)c2cccc(I)c2)CC1. The number of nitrogens with zero attached hydrogens (tertiary/aromatic N) is 2. The lowest BCUT2D eigenvalue weighted by molar-refractivity contribution is 0.0716. The van der Waals surface area contributed by atoms with Gasteiger partial charge in [-0.15, -0.1) is 11.8 Å². The summed E-state index contributed by atoms with van der Waals surface area (Å²) in [6, 6.07) is 10.0. The van der Waals surface area contributed by atoms with E-state index in [4.69, 9.17) is 0 Å². The van der Waals surface area contributed by atoms with Gasteiger partial charge in [0.1, 0.15) is 4.75 Å². The summed E-state index contributed by atoms with van der Waals surface area (Å²) < 4.78 is 0.762. The van der Waals surface area contributed by atoms with Crippen LogP contribution in [-0.4, -0.2) is 34.9 Å². The van der Waals surface area contributed by atoms with Crippen molar-refractivity contribution in [3.8, 4) is 6.07 Å². The quantitative estimate of drug-likeness (QED) is 0.734. The molecule has 1 amide bonds. The molecule has 1 fully saturated rings. The Balaban J connectivity index is 2.06. The van der Waals surface area contributed by atoms with Gasteiger partial charge in [0.15, 0.2) is 0 Å². The normalized spacial score (nSPS) is 17.8. The van der Waals surface area contributed by atoms with Crippen LogP contribution in [-0.2, 0) is 0 Å². The Morgan fingerprint density at radius 3 is 2.68 bits per heavy atom. The highest BCUT2D eigenvalue weighted by Crippen LogP contribution is 2.34. The highest BCUT2D eigenvalue weighted by Gasteiger charge is 2.35. The zero-order chi connectivity index (χ0) is 13.9. The van der Waals surface area contributed by atoms with E-state index in [1.165, 1.54) is 0 Å². The Morgan fingerprint density at radius 1 is 1.47 bits per heavy atom. The molecule has 1 heterocycles. The number of rotatable bonds is 2. The number of carbonyl (C=O) groups is 1. The van der Waals surface area contributed by atoms with E-state index in [0.29, 0.717) is 13.1 Å². The van der Waals surface area contributed by atoms with Gasteiger partial charge in [0, 0.05) is 22.2 Å². The second-order valence-electron chi connectivity index (χ2n) is 4.61. The van der Waals surface area contributed by atoms with Crippen LogP contribution in [0.25, 0.3) is 0 Å². The molecule has 0 aromatic heterocycles. The first-order valence-electron chi connectivity index (χ1n) is 6.11. The van der Waals surface area contributed by atoms with Crippen LogP contribution in [0.2, 0.25) is 0 Å². The number of nitriles is 1. The Hall–Kier alpha value is -0.740. The molecule has 3 nitrogen and oxygen atoms in total. The fraction of sp³-hybridized carbons (Fsp3) is 0.429. The van der Waals surface area contributed by atoms with Crippen LogP contribution >= 0.6 is 34.4 Å². The van der Waals surface area contributed by atoms with Crippen molar-refractivity contribution in [1.82, 2.24) is 4.90 Å². The predicted octanol–water partition coefficient (Wildman–Crippen LogP) is 3.15. The van der Waals surface area contributed by atoms with Crippen molar-refractivity contribution in [3.63, 3.8) is 0 Å². The van der Waals surface area contributed by atoms with Gasteiger partial charge < -0.3 is 4.90 Å². The summed E-state index contributed by atoms with van der Waals surface area (Å²) in [6.45, 7) is 1.33. The average Bonchev–Trinajstić information content (AvgIpc) is 2.46. The molecule has 0 saturated carbocycles. The Kier molecular flexibility index (Phi) is 4.74. The number of amides is 1. The second kappa shape index (κ2) is 6.14. The first-order chi connectivity index (χ1) is 9.10. The number of hydrogen-bond acceptors (Lipinski definition) is 3. The molecule has 0 bridgehead atoms. The lowest BCUT2D eigenvalue weighted by atomic mass is 9.96. The molecule has 1 aromatic carbocycles. The van der Waals surface area contributed by atoms with Crippen LogP contribution in [0.5, 0.6) is 0 Å². The Morgan fingerprint density at radius 2 is 2.16 bits per heavy atom. The lowest BCUT2D eigenvalue weighted by Gasteiger charge is -2.36. The lowest BCUT2D eigenvalue weighted by Crippen LogP contribution is -2.44. The van der Waals surface area contributed by atoms with Gasteiger partial charge in [-0.3, -0.25) is 4.79 Å². The topological polar surface area (TPSA) is 44.1 Å². The van der Waals surface area contributed by atoms with Gasteiger partial charge in [-0.25, -0.2) is 0 Å². The largest absolute Gasteiger partial charge is 0.338 e. The Bertz CT molecular complexity index is 518. The summed E-state index contributed by atoms with van der Waals surface area (Å²) in [5, 5.41) is 9.24. The zero-order valence-corrected chi connectivity index (χ0v) is 13.7. The van der Waals surface area contributed by atoms with Crippen LogP contribution in [0.1, 0.15) is 23.2 Å². The molecule has 5 heteroatoms. The minimum Gasteiger partial charge on any atom is -0.338 e. The Labute approximate surface area is 131 Å². The zero-order valence-electron chi connectivity index (χ0n) is 10.7. The summed E-state index contributed by atoms with van der Waals surface area (Å²) in [5.41, 5.74) is 0.737. The number of carbonyl (C=O) groups excluding carboxylic acids is 1. The van der Waals surface area contributed by atoms with Crippen molar-refractivity contribution in [2.24, 2.45) is 0 Å². The molecule has 0 N–H and O–H groups in total. The van der Waals surface area contributed by atoms with Crippen LogP contribution in [0.3, 0.4) is 0 Å². The first kappa shape index (κ1) is 14.7. The number of benzene rings is 1. The molecule has 100 valence electrons. The molecule has 19 heavy (non-hydrogen) atoms. The van der Waals surface area contributed by atoms with Crippen molar-refractivity contribution in [3.05, 3.63) is 33.4 Å². The van der Waals surface area contributed by atoms with Gasteiger partial charge >= 0.3 is 0 Å². The maximum Gasteiger partial charge on any atom is 0.253 e. The molecule has 0 aliphatic carbocycles. The van der Waals surface area contributed by atoms with Crippen molar-refractivity contribution in [1.29, 1.82) is 5.26 Å².